The Morgan fingerprint density at radius 2 is 2.06 bits per heavy atom. The summed E-state index contributed by atoms with van der Waals surface area (Å²) in [6.45, 7) is 4.72. The lowest BCUT2D eigenvalue weighted by Crippen LogP contribution is -2.02. The number of pyridine rings is 1. The summed E-state index contributed by atoms with van der Waals surface area (Å²) >= 11 is 0. The van der Waals surface area contributed by atoms with Crippen LogP contribution in [0, 0.1) is 19.7 Å². The molecule has 2 rings (SSSR count). The Labute approximate surface area is 101 Å². The molecule has 1 heterocycles. The molecule has 0 atom stereocenters. The van der Waals surface area contributed by atoms with Crippen molar-refractivity contribution in [3.63, 3.8) is 0 Å². The Hall–Kier alpha value is -1.90. The smallest absolute Gasteiger partial charge is 0.141 e. The lowest BCUT2D eigenvalue weighted by molar-refractivity contribution is 0.619. The number of hydrogen-bond donors (Lipinski definition) is 1. The minimum atomic E-state index is -0.301. The standard InChI is InChI=1S/C14H15FN2/c1-10-4-3-5-14(11(10)2)17-8-12-6-13(15)9-16-7-12/h3-7,9,17H,8H2,1-2H3. The lowest BCUT2D eigenvalue weighted by atomic mass is 10.1. The van der Waals surface area contributed by atoms with Crippen LogP contribution in [0.1, 0.15) is 16.7 Å². The van der Waals surface area contributed by atoms with E-state index in [9.17, 15) is 4.39 Å². The van der Waals surface area contributed by atoms with Gasteiger partial charge >= 0.3 is 0 Å². The van der Waals surface area contributed by atoms with Crippen LogP contribution in [0.25, 0.3) is 0 Å². The van der Waals surface area contributed by atoms with Crippen molar-refractivity contribution in [3.8, 4) is 0 Å². The first-order valence-corrected chi connectivity index (χ1v) is 5.56. The molecule has 3 heteroatoms. The highest BCUT2D eigenvalue weighted by molar-refractivity contribution is 5.53. The highest BCUT2D eigenvalue weighted by Gasteiger charge is 2.01. The summed E-state index contributed by atoms with van der Waals surface area (Å²) in [5, 5.41) is 3.29. The molecular weight excluding hydrogens is 215 g/mol. The van der Waals surface area contributed by atoms with Crippen LogP contribution in [0.4, 0.5) is 10.1 Å². The first kappa shape index (κ1) is 11.6. The van der Waals surface area contributed by atoms with Crippen LogP contribution in [0.15, 0.2) is 36.7 Å². The fraction of sp³-hybridized carbons (Fsp3) is 0.214. The summed E-state index contributed by atoms with van der Waals surface area (Å²) in [4.78, 5) is 3.82. The third kappa shape index (κ3) is 2.81. The van der Waals surface area contributed by atoms with E-state index in [1.54, 1.807) is 6.20 Å². The molecule has 0 saturated heterocycles. The number of aryl methyl sites for hydroxylation is 1. The summed E-state index contributed by atoms with van der Waals surface area (Å²) in [7, 11) is 0. The molecular formula is C14H15FN2. The highest BCUT2D eigenvalue weighted by atomic mass is 19.1. The number of aromatic nitrogens is 1. The SMILES string of the molecule is Cc1cccc(NCc2cncc(F)c2)c1C. The molecule has 0 bridgehead atoms. The monoisotopic (exact) mass is 230 g/mol. The van der Waals surface area contributed by atoms with E-state index in [4.69, 9.17) is 0 Å². The van der Waals surface area contributed by atoms with E-state index in [0.29, 0.717) is 6.54 Å². The van der Waals surface area contributed by atoms with Gasteiger partial charge in [0.25, 0.3) is 0 Å². The summed E-state index contributed by atoms with van der Waals surface area (Å²) in [5.74, 6) is -0.301. The summed E-state index contributed by atoms with van der Waals surface area (Å²) in [6, 6.07) is 7.60. The first-order valence-electron chi connectivity index (χ1n) is 5.56. The van der Waals surface area contributed by atoms with Crippen LogP contribution in [0.5, 0.6) is 0 Å². The van der Waals surface area contributed by atoms with Gasteiger partial charge in [-0.3, -0.25) is 4.98 Å². The van der Waals surface area contributed by atoms with Crippen LogP contribution < -0.4 is 5.32 Å². The first-order chi connectivity index (χ1) is 8.16. The second kappa shape index (κ2) is 4.95. The van der Waals surface area contributed by atoms with Gasteiger partial charge in [-0.2, -0.15) is 0 Å². The van der Waals surface area contributed by atoms with Crippen molar-refractivity contribution in [2.75, 3.05) is 5.32 Å². The fourth-order valence-electron chi connectivity index (χ4n) is 1.69. The third-order valence-corrected chi connectivity index (χ3v) is 2.85. The largest absolute Gasteiger partial charge is 0.381 e. The molecule has 1 N–H and O–H groups in total. The van der Waals surface area contributed by atoms with E-state index >= 15 is 0 Å². The van der Waals surface area contributed by atoms with Gasteiger partial charge in [0, 0.05) is 18.4 Å². The van der Waals surface area contributed by atoms with Crippen LogP contribution >= 0.6 is 0 Å². The zero-order valence-electron chi connectivity index (χ0n) is 10.00. The average molecular weight is 230 g/mol. The van der Waals surface area contributed by atoms with E-state index < -0.39 is 0 Å². The highest BCUT2D eigenvalue weighted by Crippen LogP contribution is 2.18. The van der Waals surface area contributed by atoms with Crippen molar-refractivity contribution < 1.29 is 4.39 Å². The molecule has 0 saturated carbocycles. The van der Waals surface area contributed by atoms with Gasteiger partial charge < -0.3 is 5.32 Å². The van der Waals surface area contributed by atoms with Crippen LogP contribution in [-0.2, 0) is 6.54 Å². The van der Waals surface area contributed by atoms with Gasteiger partial charge in [0.05, 0.1) is 6.20 Å². The molecule has 0 spiro atoms. The Bertz CT molecular complexity index is 523. The van der Waals surface area contributed by atoms with Crippen LogP contribution in [-0.4, -0.2) is 4.98 Å². The number of anilines is 1. The van der Waals surface area contributed by atoms with E-state index in [0.717, 1.165) is 11.3 Å². The molecule has 0 aliphatic carbocycles. The molecule has 0 aliphatic rings. The molecule has 1 aromatic heterocycles. The summed E-state index contributed by atoms with van der Waals surface area (Å²) < 4.78 is 12.9. The van der Waals surface area contributed by atoms with Gasteiger partial charge in [-0.15, -0.1) is 0 Å². The Kier molecular flexibility index (Phi) is 3.38. The molecule has 0 radical (unpaired) electrons. The molecule has 0 unspecified atom stereocenters. The third-order valence-electron chi connectivity index (χ3n) is 2.85. The fourth-order valence-corrected chi connectivity index (χ4v) is 1.69. The lowest BCUT2D eigenvalue weighted by Gasteiger charge is -2.11. The van der Waals surface area contributed by atoms with Gasteiger partial charge in [-0.25, -0.2) is 4.39 Å². The van der Waals surface area contributed by atoms with Crippen molar-refractivity contribution in [1.82, 2.24) is 4.98 Å². The number of hydrogen-bond acceptors (Lipinski definition) is 2. The van der Waals surface area contributed by atoms with Gasteiger partial charge in [-0.05, 0) is 42.7 Å². The maximum atomic E-state index is 12.9. The Morgan fingerprint density at radius 1 is 1.24 bits per heavy atom. The summed E-state index contributed by atoms with van der Waals surface area (Å²) in [5.41, 5.74) is 4.38. The van der Waals surface area contributed by atoms with Crippen molar-refractivity contribution in [1.29, 1.82) is 0 Å². The summed E-state index contributed by atoms with van der Waals surface area (Å²) in [6.07, 6.45) is 2.88. The molecule has 0 amide bonds. The molecule has 1 aromatic carbocycles. The van der Waals surface area contributed by atoms with Crippen molar-refractivity contribution in [3.05, 3.63) is 59.2 Å². The topological polar surface area (TPSA) is 24.9 Å². The molecule has 88 valence electrons. The maximum absolute atomic E-state index is 12.9. The Morgan fingerprint density at radius 3 is 2.82 bits per heavy atom. The van der Waals surface area contributed by atoms with E-state index in [-0.39, 0.29) is 5.82 Å². The van der Waals surface area contributed by atoms with Gasteiger partial charge in [-0.1, -0.05) is 12.1 Å². The molecule has 0 fully saturated rings. The second-order valence-corrected chi connectivity index (χ2v) is 4.11. The van der Waals surface area contributed by atoms with E-state index in [2.05, 4.69) is 30.2 Å². The van der Waals surface area contributed by atoms with Crippen LogP contribution in [0.3, 0.4) is 0 Å². The number of nitrogens with zero attached hydrogens (tertiary/aromatic N) is 1. The van der Waals surface area contributed by atoms with Gasteiger partial charge in [0.2, 0.25) is 0 Å². The zero-order chi connectivity index (χ0) is 12.3. The normalized spacial score (nSPS) is 10.3. The van der Waals surface area contributed by atoms with Gasteiger partial charge in [0.1, 0.15) is 5.82 Å². The minimum Gasteiger partial charge on any atom is -0.381 e. The number of halogens is 1. The maximum Gasteiger partial charge on any atom is 0.141 e. The van der Waals surface area contributed by atoms with Crippen molar-refractivity contribution in [2.24, 2.45) is 0 Å². The number of rotatable bonds is 3. The van der Waals surface area contributed by atoms with Gasteiger partial charge in [0.15, 0.2) is 0 Å². The average Bonchev–Trinajstić information content (AvgIpc) is 2.31. The van der Waals surface area contributed by atoms with Crippen molar-refractivity contribution >= 4 is 5.69 Å². The quantitative estimate of drug-likeness (QED) is 0.873. The van der Waals surface area contributed by atoms with Crippen LogP contribution in [0.2, 0.25) is 0 Å². The molecule has 0 aliphatic heterocycles. The van der Waals surface area contributed by atoms with Crippen molar-refractivity contribution in [2.45, 2.75) is 20.4 Å². The molecule has 17 heavy (non-hydrogen) atoms. The predicted octanol–water partition coefficient (Wildman–Crippen LogP) is 3.45. The molecule has 2 aromatic rings. The molecule has 2 nitrogen and oxygen atoms in total. The second-order valence-electron chi connectivity index (χ2n) is 4.11. The Balaban J connectivity index is 2.10. The number of nitrogens with one attached hydrogen (secondary N) is 1. The predicted molar refractivity (Wildman–Crippen MR) is 67.4 cm³/mol. The van der Waals surface area contributed by atoms with E-state index in [1.165, 1.54) is 23.4 Å². The van der Waals surface area contributed by atoms with E-state index in [1.807, 2.05) is 12.1 Å². The number of benzene rings is 1. The zero-order valence-corrected chi connectivity index (χ0v) is 10.00. The minimum absolute atomic E-state index is 0.301.